The normalized spacial score (nSPS) is 11.0. The minimum Gasteiger partial charge on any atom is -0.382 e. The van der Waals surface area contributed by atoms with Crippen molar-refractivity contribution in [3.8, 4) is 11.3 Å². The summed E-state index contributed by atoms with van der Waals surface area (Å²) in [6, 6.07) is 9.99. The van der Waals surface area contributed by atoms with Gasteiger partial charge in [0.05, 0.1) is 0 Å². The number of carbonyl (C=O) groups is 1. The molecule has 0 aliphatic carbocycles. The summed E-state index contributed by atoms with van der Waals surface area (Å²) >= 11 is 0. The maximum atomic E-state index is 13.3. The lowest BCUT2D eigenvalue weighted by Gasteiger charge is -2.08. The summed E-state index contributed by atoms with van der Waals surface area (Å²) in [5.41, 5.74) is 3.17. The fourth-order valence-electron chi connectivity index (χ4n) is 2.75. The molecule has 0 unspecified atom stereocenters. The Balaban J connectivity index is 1.92. The number of aryl methyl sites for hydroxylation is 1. The maximum Gasteiger partial charge on any atom is 0.225 e. The van der Waals surface area contributed by atoms with E-state index in [-0.39, 0.29) is 11.7 Å². The zero-order valence-electron chi connectivity index (χ0n) is 15.0. The average molecular weight is 355 g/mol. The average Bonchev–Trinajstić information content (AvgIpc) is 2.97. The Labute approximate surface area is 151 Å². The van der Waals surface area contributed by atoms with Crippen LogP contribution in [0.3, 0.4) is 0 Å². The lowest BCUT2D eigenvalue weighted by Crippen LogP contribution is -2.14. The number of nitrogens with one attached hydrogen (secondary N) is 1. The first kappa shape index (κ1) is 18.1. The lowest BCUT2D eigenvalue weighted by atomic mass is 10.1. The minimum absolute atomic E-state index is 0.101. The van der Waals surface area contributed by atoms with E-state index in [1.165, 1.54) is 12.1 Å². The summed E-state index contributed by atoms with van der Waals surface area (Å²) in [5.74, 6) is 0.179. The topological polar surface area (TPSA) is 55.6 Å². The van der Waals surface area contributed by atoms with Crippen LogP contribution >= 0.6 is 0 Å². The van der Waals surface area contributed by atoms with Crippen LogP contribution in [0.25, 0.3) is 16.9 Å². The number of pyridine rings is 1. The molecule has 3 aromatic rings. The molecule has 0 radical (unpaired) electrons. The first-order valence-electron chi connectivity index (χ1n) is 8.70. The highest BCUT2D eigenvalue weighted by Crippen LogP contribution is 2.29. The molecule has 2 aromatic heterocycles. The van der Waals surface area contributed by atoms with Crippen LogP contribution in [0.4, 0.5) is 10.2 Å². The molecule has 136 valence electrons. The summed E-state index contributed by atoms with van der Waals surface area (Å²) in [6.45, 7) is 5.11. The van der Waals surface area contributed by atoms with Crippen molar-refractivity contribution in [3.63, 3.8) is 0 Å². The van der Waals surface area contributed by atoms with Crippen LogP contribution < -0.4 is 5.32 Å². The van der Waals surface area contributed by atoms with E-state index in [4.69, 9.17) is 4.74 Å². The lowest BCUT2D eigenvalue weighted by molar-refractivity contribution is -0.116. The van der Waals surface area contributed by atoms with Gasteiger partial charge in [-0.2, -0.15) is 0 Å². The highest BCUT2D eigenvalue weighted by molar-refractivity contribution is 5.94. The van der Waals surface area contributed by atoms with Gasteiger partial charge < -0.3 is 10.1 Å². The monoisotopic (exact) mass is 355 g/mol. The van der Waals surface area contributed by atoms with Crippen LogP contribution in [0, 0.1) is 12.7 Å². The molecule has 0 spiro atoms. The molecule has 5 nitrogen and oxygen atoms in total. The Morgan fingerprint density at radius 2 is 2.04 bits per heavy atom. The Bertz CT molecular complexity index is 903. The van der Waals surface area contributed by atoms with Gasteiger partial charge in [-0.25, -0.2) is 9.37 Å². The quantitative estimate of drug-likeness (QED) is 0.646. The number of fused-ring (bicyclic) bond motifs is 1. The number of carbonyl (C=O) groups excluding carboxylic acids is 1. The number of anilines is 1. The zero-order valence-corrected chi connectivity index (χ0v) is 15.0. The van der Waals surface area contributed by atoms with Crippen molar-refractivity contribution in [2.45, 2.75) is 26.7 Å². The van der Waals surface area contributed by atoms with Gasteiger partial charge in [-0.3, -0.25) is 9.20 Å². The molecule has 2 heterocycles. The Morgan fingerprint density at radius 1 is 1.27 bits per heavy atom. The number of nitrogens with zero attached hydrogens (tertiary/aromatic N) is 2. The molecular weight excluding hydrogens is 333 g/mol. The van der Waals surface area contributed by atoms with Gasteiger partial charge in [0, 0.05) is 31.4 Å². The highest BCUT2D eigenvalue weighted by Gasteiger charge is 2.16. The molecule has 1 aromatic carbocycles. The van der Waals surface area contributed by atoms with Crippen LogP contribution in [0.2, 0.25) is 0 Å². The molecule has 1 amide bonds. The van der Waals surface area contributed by atoms with E-state index >= 15 is 0 Å². The second-order valence-electron chi connectivity index (χ2n) is 6.10. The summed E-state index contributed by atoms with van der Waals surface area (Å²) in [5, 5.41) is 2.96. The van der Waals surface area contributed by atoms with Gasteiger partial charge in [-0.15, -0.1) is 0 Å². The standard InChI is InChI=1S/C20H22FN3O2/c1-3-26-12-4-5-18(25)23-20-19(15-6-8-16(21)9-7-15)22-17-13-14(2)10-11-24(17)20/h6-11,13H,3-5,12H2,1-2H3,(H,23,25). The third kappa shape index (κ3) is 4.08. The van der Waals surface area contributed by atoms with Crippen molar-refractivity contribution in [1.82, 2.24) is 9.38 Å². The van der Waals surface area contributed by atoms with Crippen LogP contribution in [0.1, 0.15) is 25.3 Å². The first-order chi connectivity index (χ1) is 12.6. The second-order valence-corrected chi connectivity index (χ2v) is 6.10. The van der Waals surface area contributed by atoms with E-state index in [1.807, 2.05) is 36.6 Å². The molecular formula is C20H22FN3O2. The predicted octanol–water partition coefficient (Wildman–Crippen LogP) is 4.20. The molecule has 6 heteroatoms. The minimum atomic E-state index is -0.310. The smallest absolute Gasteiger partial charge is 0.225 e. The number of hydrogen-bond acceptors (Lipinski definition) is 3. The van der Waals surface area contributed by atoms with Gasteiger partial charge in [-0.1, -0.05) is 0 Å². The number of aromatic nitrogens is 2. The van der Waals surface area contributed by atoms with Gasteiger partial charge in [0.15, 0.2) is 0 Å². The summed E-state index contributed by atoms with van der Waals surface area (Å²) < 4.78 is 20.4. The fraction of sp³-hybridized carbons (Fsp3) is 0.300. The molecule has 0 aliphatic heterocycles. The summed E-state index contributed by atoms with van der Waals surface area (Å²) in [7, 11) is 0. The number of hydrogen-bond donors (Lipinski definition) is 1. The van der Waals surface area contributed by atoms with E-state index in [1.54, 1.807) is 12.1 Å². The molecule has 1 N–H and O–H groups in total. The number of benzene rings is 1. The molecule has 0 fully saturated rings. The Hall–Kier alpha value is -2.73. The summed E-state index contributed by atoms with van der Waals surface area (Å²) in [4.78, 5) is 17.0. The molecule has 26 heavy (non-hydrogen) atoms. The fourth-order valence-corrected chi connectivity index (χ4v) is 2.75. The Morgan fingerprint density at radius 3 is 2.77 bits per heavy atom. The molecule has 0 saturated carbocycles. The predicted molar refractivity (Wildman–Crippen MR) is 99.7 cm³/mol. The van der Waals surface area contributed by atoms with Gasteiger partial charge in [-0.05, 0) is 62.2 Å². The molecule has 0 aliphatic rings. The van der Waals surface area contributed by atoms with Crippen molar-refractivity contribution in [3.05, 3.63) is 54.0 Å². The van der Waals surface area contributed by atoms with Crippen LogP contribution in [0.15, 0.2) is 42.6 Å². The van der Waals surface area contributed by atoms with E-state index < -0.39 is 0 Å². The van der Waals surface area contributed by atoms with E-state index in [0.717, 1.165) is 16.8 Å². The third-order valence-corrected chi connectivity index (χ3v) is 4.05. The van der Waals surface area contributed by atoms with Gasteiger partial charge in [0.25, 0.3) is 0 Å². The van der Waals surface area contributed by atoms with Crippen molar-refractivity contribution in [2.24, 2.45) is 0 Å². The van der Waals surface area contributed by atoms with Crippen molar-refractivity contribution >= 4 is 17.4 Å². The largest absolute Gasteiger partial charge is 0.382 e. The number of rotatable bonds is 7. The van der Waals surface area contributed by atoms with Gasteiger partial charge in [0.1, 0.15) is 23.0 Å². The first-order valence-corrected chi connectivity index (χ1v) is 8.70. The molecule has 3 rings (SSSR count). The van der Waals surface area contributed by atoms with Gasteiger partial charge in [0.2, 0.25) is 5.91 Å². The van der Waals surface area contributed by atoms with Crippen LogP contribution in [-0.4, -0.2) is 28.5 Å². The second kappa shape index (κ2) is 8.10. The van der Waals surface area contributed by atoms with E-state index in [9.17, 15) is 9.18 Å². The zero-order chi connectivity index (χ0) is 18.5. The molecule has 0 saturated heterocycles. The van der Waals surface area contributed by atoms with E-state index in [0.29, 0.717) is 37.6 Å². The van der Waals surface area contributed by atoms with E-state index in [2.05, 4.69) is 10.3 Å². The van der Waals surface area contributed by atoms with Crippen LogP contribution in [0.5, 0.6) is 0 Å². The molecule has 0 atom stereocenters. The number of amides is 1. The maximum absolute atomic E-state index is 13.3. The number of halogens is 1. The summed E-state index contributed by atoms with van der Waals surface area (Å²) in [6.07, 6.45) is 2.89. The van der Waals surface area contributed by atoms with Crippen LogP contribution in [-0.2, 0) is 9.53 Å². The molecule has 0 bridgehead atoms. The number of imidazole rings is 1. The van der Waals surface area contributed by atoms with Gasteiger partial charge >= 0.3 is 0 Å². The van der Waals surface area contributed by atoms with Crippen molar-refractivity contribution in [2.75, 3.05) is 18.5 Å². The SMILES string of the molecule is CCOCCCC(=O)Nc1c(-c2ccc(F)cc2)nc2cc(C)ccn12. The Kier molecular flexibility index (Phi) is 5.63. The number of ether oxygens (including phenoxy) is 1. The highest BCUT2D eigenvalue weighted by atomic mass is 19.1. The third-order valence-electron chi connectivity index (χ3n) is 4.05. The van der Waals surface area contributed by atoms with Crippen molar-refractivity contribution in [1.29, 1.82) is 0 Å². The van der Waals surface area contributed by atoms with Crippen molar-refractivity contribution < 1.29 is 13.9 Å².